The summed E-state index contributed by atoms with van der Waals surface area (Å²) in [7, 11) is 0. The Labute approximate surface area is 83.3 Å². The van der Waals surface area contributed by atoms with Crippen molar-refractivity contribution in [3.8, 4) is 0 Å². The molecule has 1 aromatic carbocycles. The van der Waals surface area contributed by atoms with Gasteiger partial charge in [0.25, 0.3) is 5.89 Å². The molecule has 0 saturated heterocycles. The third-order valence-corrected chi connectivity index (χ3v) is 2.56. The summed E-state index contributed by atoms with van der Waals surface area (Å²) in [5.41, 5.74) is 0.919. The van der Waals surface area contributed by atoms with E-state index in [-0.39, 0.29) is 0 Å². The molecular weight excluding hydrogens is 208 g/mol. The maximum Gasteiger partial charge on any atom is 0.313 e. The Morgan fingerprint density at radius 2 is 2.21 bits per heavy atom. The number of rotatable bonds is 2. The summed E-state index contributed by atoms with van der Waals surface area (Å²) in [4.78, 5) is 4.51. The lowest BCUT2D eigenvalue weighted by Gasteiger charge is -1.94. The molecule has 0 unspecified atom stereocenters. The van der Waals surface area contributed by atoms with E-state index in [0.29, 0.717) is 11.1 Å². The zero-order valence-electron chi connectivity index (χ0n) is 7.33. The van der Waals surface area contributed by atoms with Crippen molar-refractivity contribution in [3.05, 3.63) is 24.1 Å². The second kappa shape index (κ2) is 3.57. The molecule has 0 saturated carbocycles. The number of benzene rings is 1. The van der Waals surface area contributed by atoms with E-state index in [2.05, 4.69) is 4.98 Å². The summed E-state index contributed by atoms with van der Waals surface area (Å²) in [6.45, 7) is 0. The van der Waals surface area contributed by atoms with Gasteiger partial charge in [-0.2, -0.15) is 8.78 Å². The lowest BCUT2D eigenvalue weighted by Crippen LogP contribution is -1.80. The highest BCUT2D eigenvalue weighted by Crippen LogP contribution is 2.29. The second-order valence-corrected chi connectivity index (χ2v) is 3.51. The van der Waals surface area contributed by atoms with Gasteiger partial charge in [-0.1, -0.05) is 6.07 Å². The van der Waals surface area contributed by atoms with Crippen LogP contribution >= 0.6 is 11.8 Å². The summed E-state index contributed by atoms with van der Waals surface area (Å²) < 4.78 is 29.5. The van der Waals surface area contributed by atoms with Crippen LogP contribution in [0.1, 0.15) is 12.3 Å². The molecule has 0 aliphatic rings. The topological polar surface area (TPSA) is 26.0 Å². The van der Waals surface area contributed by atoms with Gasteiger partial charge in [-0.15, -0.1) is 11.8 Å². The van der Waals surface area contributed by atoms with Crippen molar-refractivity contribution in [2.24, 2.45) is 0 Å². The number of aromatic nitrogens is 1. The van der Waals surface area contributed by atoms with Crippen LogP contribution in [0.15, 0.2) is 27.5 Å². The van der Waals surface area contributed by atoms with Crippen molar-refractivity contribution < 1.29 is 13.2 Å². The zero-order valence-corrected chi connectivity index (χ0v) is 8.15. The lowest BCUT2D eigenvalue weighted by molar-refractivity contribution is 0.117. The smallest absolute Gasteiger partial charge is 0.313 e. The highest BCUT2D eigenvalue weighted by atomic mass is 32.2. The van der Waals surface area contributed by atoms with Gasteiger partial charge in [0, 0.05) is 0 Å². The molecule has 2 nitrogen and oxygen atoms in total. The lowest BCUT2D eigenvalue weighted by atomic mass is 10.3. The summed E-state index contributed by atoms with van der Waals surface area (Å²) in [6, 6.07) is 5.24. The van der Waals surface area contributed by atoms with Gasteiger partial charge in [0.05, 0.1) is 4.90 Å². The molecule has 1 aromatic heterocycles. The normalized spacial score (nSPS) is 11.4. The first-order valence-electron chi connectivity index (χ1n) is 3.94. The molecule has 0 radical (unpaired) electrons. The molecule has 5 heteroatoms. The molecular formula is C9H7F2NOS. The van der Waals surface area contributed by atoms with E-state index in [1.807, 2.05) is 12.3 Å². The van der Waals surface area contributed by atoms with E-state index in [0.717, 1.165) is 4.90 Å². The molecule has 0 spiro atoms. The molecule has 0 atom stereocenters. The van der Waals surface area contributed by atoms with E-state index in [4.69, 9.17) is 4.42 Å². The third kappa shape index (κ3) is 1.48. The minimum Gasteiger partial charge on any atom is -0.434 e. The number of fused-ring (bicyclic) bond motifs is 1. The standard InChI is InChI=1S/C9H7F2NOS/c1-14-6-4-2-3-5-7(6)13-9(12-5)8(10)11/h2-4,8H,1H3. The maximum atomic E-state index is 12.3. The Morgan fingerprint density at radius 3 is 2.86 bits per heavy atom. The molecule has 1 heterocycles. The van der Waals surface area contributed by atoms with Crippen LogP contribution in [-0.2, 0) is 0 Å². The van der Waals surface area contributed by atoms with Gasteiger partial charge in [0.2, 0.25) is 0 Å². The molecule has 0 aliphatic carbocycles. The molecule has 0 N–H and O–H groups in total. The Balaban J connectivity index is 2.64. The summed E-state index contributed by atoms with van der Waals surface area (Å²) >= 11 is 1.44. The average molecular weight is 215 g/mol. The van der Waals surface area contributed by atoms with Crippen LogP contribution in [-0.4, -0.2) is 11.2 Å². The van der Waals surface area contributed by atoms with Gasteiger partial charge in [-0.25, -0.2) is 4.98 Å². The molecule has 2 aromatic rings. The van der Waals surface area contributed by atoms with E-state index in [1.165, 1.54) is 11.8 Å². The Kier molecular flexibility index (Phi) is 2.41. The van der Waals surface area contributed by atoms with Crippen LogP contribution in [0.4, 0.5) is 8.78 Å². The number of alkyl halides is 2. The fraction of sp³-hybridized carbons (Fsp3) is 0.222. The average Bonchev–Trinajstić information content (AvgIpc) is 2.60. The van der Waals surface area contributed by atoms with Crippen LogP contribution in [0.3, 0.4) is 0 Å². The molecule has 0 bridgehead atoms. The number of oxazole rings is 1. The first kappa shape index (κ1) is 9.45. The third-order valence-electron chi connectivity index (χ3n) is 1.80. The van der Waals surface area contributed by atoms with Gasteiger partial charge >= 0.3 is 6.43 Å². The quantitative estimate of drug-likeness (QED) is 0.717. The van der Waals surface area contributed by atoms with Crippen molar-refractivity contribution in [1.29, 1.82) is 0 Å². The van der Waals surface area contributed by atoms with Crippen molar-refractivity contribution in [1.82, 2.24) is 4.98 Å². The van der Waals surface area contributed by atoms with Crippen molar-refractivity contribution in [3.63, 3.8) is 0 Å². The molecule has 0 aliphatic heterocycles. The minimum atomic E-state index is -2.66. The molecule has 74 valence electrons. The summed E-state index contributed by atoms with van der Waals surface area (Å²) in [6.07, 6.45) is -0.795. The van der Waals surface area contributed by atoms with E-state index < -0.39 is 12.3 Å². The van der Waals surface area contributed by atoms with Gasteiger partial charge in [0.15, 0.2) is 5.58 Å². The Hall–Kier alpha value is -1.10. The van der Waals surface area contributed by atoms with E-state index in [1.54, 1.807) is 12.1 Å². The van der Waals surface area contributed by atoms with Crippen LogP contribution in [0, 0.1) is 0 Å². The number of hydrogen-bond donors (Lipinski definition) is 0. The van der Waals surface area contributed by atoms with Gasteiger partial charge in [-0.05, 0) is 18.4 Å². The van der Waals surface area contributed by atoms with Crippen molar-refractivity contribution in [2.45, 2.75) is 11.3 Å². The van der Waals surface area contributed by atoms with Gasteiger partial charge in [0.1, 0.15) is 5.52 Å². The van der Waals surface area contributed by atoms with Crippen LogP contribution in [0.2, 0.25) is 0 Å². The van der Waals surface area contributed by atoms with Gasteiger partial charge < -0.3 is 4.42 Å². The predicted octanol–water partition coefficient (Wildman–Crippen LogP) is 3.49. The largest absolute Gasteiger partial charge is 0.434 e. The first-order valence-corrected chi connectivity index (χ1v) is 5.16. The Bertz CT molecular complexity index is 455. The fourth-order valence-corrected chi connectivity index (χ4v) is 1.74. The highest BCUT2D eigenvalue weighted by molar-refractivity contribution is 7.98. The first-order chi connectivity index (χ1) is 6.72. The van der Waals surface area contributed by atoms with Crippen LogP contribution < -0.4 is 0 Å². The fourth-order valence-electron chi connectivity index (χ4n) is 1.20. The predicted molar refractivity (Wildman–Crippen MR) is 50.7 cm³/mol. The van der Waals surface area contributed by atoms with Crippen molar-refractivity contribution in [2.75, 3.05) is 6.26 Å². The zero-order chi connectivity index (χ0) is 10.1. The van der Waals surface area contributed by atoms with Crippen molar-refractivity contribution >= 4 is 22.9 Å². The molecule has 0 fully saturated rings. The van der Waals surface area contributed by atoms with Crippen LogP contribution in [0.25, 0.3) is 11.1 Å². The Morgan fingerprint density at radius 1 is 1.43 bits per heavy atom. The number of halogens is 2. The number of para-hydroxylation sites is 1. The van der Waals surface area contributed by atoms with E-state index >= 15 is 0 Å². The summed E-state index contributed by atoms with van der Waals surface area (Å²) in [5.74, 6) is -0.512. The van der Waals surface area contributed by atoms with Gasteiger partial charge in [-0.3, -0.25) is 0 Å². The second-order valence-electron chi connectivity index (χ2n) is 2.66. The maximum absolute atomic E-state index is 12.3. The SMILES string of the molecule is CSc1cccc2nc(C(F)F)oc12. The van der Waals surface area contributed by atoms with Crippen LogP contribution in [0.5, 0.6) is 0 Å². The number of nitrogens with zero attached hydrogens (tertiary/aromatic N) is 1. The molecule has 2 rings (SSSR count). The molecule has 0 amide bonds. The highest BCUT2D eigenvalue weighted by Gasteiger charge is 2.16. The molecule has 14 heavy (non-hydrogen) atoms. The number of hydrogen-bond acceptors (Lipinski definition) is 3. The minimum absolute atomic E-state index is 0.440. The summed E-state index contributed by atoms with van der Waals surface area (Å²) in [5, 5.41) is 0. The monoisotopic (exact) mass is 215 g/mol. The van der Waals surface area contributed by atoms with E-state index in [9.17, 15) is 8.78 Å². The number of thioether (sulfide) groups is 1.